The highest BCUT2D eigenvalue weighted by molar-refractivity contribution is 7.98. The van der Waals surface area contributed by atoms with Crippen LogP contribution in [0.25, 0.3) is 10.9 Å². The lowest BCUT2D eigenvalue weighted by Crippen LogP contribution is -2.38. The molecule has 1 aromatic carbocycles. The van der Waals surface area contributed by atoms with Crippen molar-refractivity contribution >= 4 is 28.6 Å². The number of rotatable bonds is 7. The normalized spacial score (nSPS) is 11.9. The first kappa shape index (κ1) is 16.7. The van der Waals surface area contributed by atoms with E-state index in [0.717, 1.165) is 31.9 Å². The van der Waals surface area contributed by atoms with Crippen LogP contribution in [0.2, 0.25) is 0 Å². The van der Waals surface area contributed by atoms with Gasteiger partial charge in [-0.3, -0.25) is 4.99 Å². The van der Waals surface area contributed by atoms with E-state index >= 15 is 0 Å². The molecule has 0 aliphatic heterocycles. The summed E-state index contributed by atoms with van der Waals surface area (Å²) in [7, 11) is 1.82. The van der Waals surface area contributed by atoms with E-state index in [2.05, 4.69) is 58.2 Å². The zero-order chi connectivity index (χ0) is 15.8. The summed E-state index contributed by atoms with van der Waals surface area (Å²) in [6, 6.07) is 6.39. The van der Waals surface area contributed by atoms with Gasteiger partial charge in [-0.15, -0.1) is 0 Å². The highest BCUT2D eigenvalue weighted by Gasteiger charge is 2.06. The van der Waals surface area contributed by atoms with Crippen LogP contribution < -0.4 is 10.6 Å². The average Bonchev–Trinajstić information content (AvgIpc) is 2.94. The van der Waals surface area contributed by atoms with E-state index in [4.69, 9.17) is 0 Å². The molecule has 0 saturated heterocycles. The number of aryl methyl sites for hydroxylation is 1. The van der Waals surface area contributed by atoms with Crippen LogP contribution in [-0.2, 0) is 6.42 Å². The van der Waals surface area contributed by atoms with E-state index in [1.165, 1.54) is 27.8 Å². The molecule has 0 bridgehead atoms. The third-order valence-electron chi connectivity index (χ3n) is 3.72. The number of aliphatic imine (C=N–C) groups is 1. The van der Waals surface area contributed by atoms with Crippen LogP contribution in [0.15, 0.2) is 29.4 Å². The van der Waals surface area contributed by atoms with E-state index in [1.807, 2.05) is 18.8 Å². The molecule has 1 aromatic heterocycles. The lowest BCUT2D eigenvalue weighted by atomic mass is 10.1. The Morgan fingerprint density at radius 1 is 1.27 bits per heavy atom. The fraction of sp³-hybridized carbons (Fsp3) is 0.471. The lowest BCUT2D eigenvalue weighted by Gasteiger charge is -2.11. The summed E-state index contributed by atoms with van der Waals surface area (Å²) in [5.74, 6) is 2.07. The first-order valence-corrected chi connectivity index (χ1v) is 9.14. The van der Waals surface area contributed by atoms with Crippen molar-refractivity contribution in [2.75, 3.05) is 32.1 Å². The number of thioether (sulfide) groups is 1. The van der Waals surface area contributed by atoms with Gasteiger partial charge in [0.25, 0.3) is 0 Å². The number of aromatic amines is 1. The van der Waals surface area contributed by atoms with Gasteiger partial charge in [0.2, 0.25) is 0 Å². The summed E-state index contributed by atoms with van der Waals surface area (Å²) in [5, 5.41) is 8.09. The zero-order valence-corrected chi connectivity index (χ0v) is 14.5. The second-order valence-corrected chi connectivity index (χ2v) is 6.32. The van der Waals surface area contributed by atoms with Gasteiger partial charge in [0.1, 0.15) is 0 Å². The van der Waals surface area contributed by atoms with Crippen molar-refractivity contribution in [3.63, 3.8) is 0 Å². The maximum Gasteiger partial charge on any atom is 0.190 e. The SMILES string of the molecule is CN=C(NCCCSC)NCCc1c[nH]c2cccc(C)c12. The van der Waals surface area contributed by atoms with Gasteiger partial charge in [-0.2, -0.15) is 11.8 Å². The van der Waals surface area contributed by atoms with Crippen LogP contribution in [0.5, 0.6) is 0 Å². The summed E-state index contributed by atoms with van der Waals surface area (Å²) in [6.45, 7) is 4.01. The molecular formula is C17H26N4S. The van der Waals surface area contributed by atoms with Crippen molar-refractivity contribution in [3.05, 3.63) is 35.5 Å². The van der Waals surface area contributed by atoms with Gasteiger partial charge in [0.15, 0.2) is 5.96 Å². The monoisotopic (exact) mass is 318 g/mol. The first-order valence-electron chi connectivity index (χ1n) is 7.75. The molecule has 2 rings (SSSR count). The fourth-order valence-corrected chi connectivity index (χ4v) is 3.04. The first-order chi connectivity index (χ1) is 10.8. The molecule has 0 saturated carbocycles. The number of H-pyrrole nitrogens is 1. The molecular weight excluding hydrogens is 292 g/mol. The van der Waals surface area contributed by atoms with E-state index in [1.54, 1.807) is 0 Å². The number of benzene rings is 1. The average molecular weight is 318 g/mol. The molecule has 0 unspecified atom stereocenters. The fourth-order valence-electron chi connectivity index (χ4n) is 2.61. The molecule has 2 aromatic rings. The number of fused-ring (bicyclic) bond motifs is 1. The Labute approximate surface area is 137 Å². The predicted octanol–water partition coefficient (Wildman–Crippen LogP) is 2.94. The third-order valence-corrected chi connectivity index (χ3v) is 4.42. The maximum absolute atomic E-state index is 4.26. The van der Waals surface area contributed by atoms with Crippen LogP contribution in [0.3, 0.4) is 0 Å². The number of aromatic nitrogens is 1. The Kier molecular flexibility index (Phi) is 6.65. The van der Waals surface area contributed by atoms with Crippen molar-refractivity contribution in [3.8, 4) is 0 Å². The van der Waals surface area contributed by atoms with E-state index in [0.29, 0.717) is 0 Å². The molecule has 0 amide bonds. The number of nitrogens with zero attached hydrogens (tertiary/aromatic N) is 1. The Morgan fingerprint density at radius 3 is 2.86 bits per heavy atom. The van der Waals surface area contributed by atoms with E-state index in [9.17, 15) is 0 Å². The second kappa shape index (κ2) is 8.73. The summed E-state index contributed by atoms with van der Waals surface area (Å²) in [5.41, 5.74) is 3.90. The van der Waals surface area contributed by atoms with Crippen LogP contribution in [0.4, 0.5) is 0 Å². The van der Waals surface area contributed by atoms with Gasteiger partial charge in [0, 0.05) is 37.2 Å². The third kappa shape index (κ3) is 4.44. The minimum atomic E-state index is 0.878. The van der Waals surface area contributed by atoms with Gasteiger partial charge in [-0.25, -0.2) is 0 Å². The minimum Gasteiger partial charge on any atom is -0.361 e. The molecule has 4 nitrogen and oxygen atoms in total. The van der Waals surface area contributed by atoms with Gasteiger partial charge >= 0.3 is 0 Å². The quantitative estimate of drug-likeness (QED) is 0.418. The number of nitrogens with one attached hydrogen (secondary N) is 3. The standard InChI is InChI=1S/C17H26N4S/c1-13-6-4-7-15-16(13)14(12-21-15)8-10-20-17(18-2)19-9-5-11-22-3/h4,6-7,12,21H,5,8-11H2,1-3H3,(H2,18,19,20). The molecule has 1 heterocycles. The number of hydrogen-bond acceptors (Lipinski definition) is 2. The molecule has 3 N–H and O–H groups in total. The molecule has 120 valence electrons. The highest BCUT2D eigenvalue weighted by Crippen LogP contribution is 2.22. The van der Waals surface area contributed by atoms with Crippen molar-refractivity contribution in [2.24, 2.45) is 4.99 Å². The van der Waals surface area contributed by atoms with Gasteiger partial charge in [0.05, 0.1) is 0 Å². The number of hydrogen-bond donors (Lipinski definition) is 3. The topological polar surface area (TPSA) is 52.2 Å². The molecule has 0 aliphatic carbocycles. The summed E-state index contributed by atoms with van der Waals surface area (Å²) in [6.07, 6.45) is 6.39. The maximum atomic E-state index is 4.26. The largest absolute Gasteiger partial charge is 0.361 e. The van der Waals surface area contributed by atoms with Crippen LogP contribution in [0, 0.1) is 6.92 Å². The van der Waals surface area contributed by atoms with Crippen LogP contribution >= 0.6 is 11.8 Å². The summed E-state index contributed by atoms with van der Waals surface area (Å²) in [4.78, 5) is 7.62. The van der Waals surface area contributed by atoms with Crippen LogP contribution in [0.1, 0.15) is 17.5 Å². The molecule has 0 aliphatic rings. The van der Waals surface area contributed by atoms with Crippen LogP contribution in [-0.4, -0.2) is 43.1 Å². The lowest BCUT2D eigenvalue weighted by molar-refractivity contribution is 0.778. The van der Waals surface area contributed by atoms with E-state index in [-0.39, 0.29) is 0 Å². The number of guanidine groups is 1. The Balaban J connectivity index is 1.84. The predicted molar refractivity (Wildman–Crippen MR) is 99.1 cm³/mol. The molecule has 0 spiro atoms. The van der Waals surface area contributed by atoms with Crippen molar-refractivity contribution in [1.29, 1.82) is 0 Å². The Hall–Kier alpha value is -1.62. The molecule has 22 heavy (non-hydrogen) atoms. The Morgan fingerprint density at radius 2 is 2.09 bits per heavy atom. The second-order valence-electron chi connectivity index (χ2n) is 5.33. The van der Waals surface area contributed by atoms with E-state index < -0.39 is 0 Å². The van der Waals surface area contributed by atoms with Gasteiger partial charge < -0.3 is 15.6 Å². The van der Waals surface area contributed by atoms with Crippen molar-refractivity contribution in [2.45, 2.75) is 19.8 Å². The summed E-state index contributed by atoms with van der Waals surface area (Å²) < 4.78 is 0. The molecule has 0 atom stereocenters. The minimum absolute atomic E-state index is 0.878. The smallest absolute Gasteiger partial charge is 0.190 e. The molecule has 5 heteroatoms. The van der Waals surface area contributed by atoms with Crippen molar-refractivity contribution in [1.82, 2.24) is 15.6 Å². The Bertz CT molecular complexity index is 618. The van der Waals surface area contributed by atoms with Crippen molar-refractivity contribution < 1.29 is 0 Å². The van der Waals surface area contributed by atoms with Gasteiger partial charge in [-0.05, 0) is 49.0 Å². The molecule has 0 fully saturated rings. The van der Waals surface area contributed by atoms with Gasteiger partial charge in [-0.1, -0.05) is 12.1 Å². The molecule has 0 radical (unpaired) electrons. The highest BCUT2D eigenvalue weighted by atomic mass is 32.2. The zero-order valence-electron chi connectivity index (χ0n) is 13.7. The summed E-state index contributed by atoms with van der Waals surface area (Å²) >= 11 is 1.88.